The number of carbonyl (C=O) groups is 2. The fourth-order valence-corrected chi connectivity index (χ4v) is 4.09. The van der Waals surface area contributed by atoms with E-state index in [4.69, 9.17) is 0 Å². The molecule has 0 saturated carbocycles. The maximum atomic E-state index is 12.3. The average Bonchev–Trinajstić information content (AvgIpc) is 3.30. The second-order valence-electron chi connectivity index (χ2n) is 5.60. The fraction of sp³-hybridized carbons (Fsp3) is 0.211. The molecule has 0 spiro atoms. The molecule has 3 aromatic rings. The highest BCUT2D eigenvalue weighted by Crippen LogP contribution is 2.29. The van der Waals surface area contributed by atoms with Crippen LogP contribution in [0.25, 0.3) is 10.6 Å². The van der Waals surface area contributed by atoms with Crippen LogP contribution in [0.3, 0.4) is 0 Å². The Morgan fingerprint density at radius 3 is 2.73 bits per heavy atom. The quantitative estimate of drug-likeness (QED) is 0.652. The second-order valence-corrected chi connectivity index (χ2v) is 7.83. The van der Waals surface area contributed by atoms with Crippen molar-refractivity contribution in [2.45, 2.75) is 13.3 Å². The van der Waals surface area contributed by atoms with Gasteiger partial charge >= 0.3 is 5.97 Å². The third-order valence-electron chi connectivity index (χ3n) is 3.74. The zero-order chi connectivity index (χ0) is 18.5. The molecule has 0 unspecified atom stereocenters. The van der Waals surface area contributed by atoms with Crippen molar-refractivity contribution in [3.63, 3.8) is 0 Å². The first-order valence-corrected chi connectivity index (χ1v) is 9.74. The van der Waals surface area contributed by atoms with E-state index < -0.39 is 5.97 Å². The summed E-state index contributed by atoms with van der Waals surface area (Å²) in [4.78, 5) is 30.6. The zero-order valence-electron chi connectivity index (χ0n) is 14.4. The molecule has 0 aliphatic carbocycles. The number of aryl methyl sites for hydroxylation is 1. The van der Waals surface area contributed by atoms with E-state index in [0.717, 1.165) is 22.0 Å². The number of hydrogen-bond acceptors (Lipinski definition) is 6. The average molecular weight is 386 g/mol. The Morgan fingerprint density at radius 2 is 2.00 bits per heavy atom. The van der Waals surface area contributed by atoms with Gasteiger partial charge in [-0.15, -0.1) is 22.7 Å². The summed E-state index contributed by atoms with van der Waals surface area (Å²) in [5.41, 5.74) is 1.81. The molecule has 0 bridgehead atoms. The summed E-state index contributed by atoms with van der Waals surface area (Å²) in [5.74, 6) is -0.661. The molecule has 7 heteroatoms. The molecule has 0 aliphatic rings. The first kappa shape index (κ1) is 18.3. The number of ether oxygens (including phenoxy) is 1. The second kappa shape index (κ2) is 8.25. The van der Waals surface area contributed by atoms with Gasteiger partial charge < -0.3 is 10.1 Å². The molecule has 0 fully saturated rings. The van der Waals surface area contributed by atoms with Crippen LogP contribution in [0.4, 0.5) is 0 Å². The molecule has 5 nitrogen and oxygen atoms in total. The summed E-state index contributed by atoms with van der Waals surface area (Å²) in [6, 6.07) is 10.6. The molecule has 0 aliphatic heterocycles. The molecule has 134 valence electrons. The van der Waals surface area contributed by atoms with Crippen LogP contribution in [0.2, 0.25) is 0 Å². The van der Waals surface area contributed by atoms with Crippen LogP contribution in [-0.4, -0.2) is 30.5 Å². The van der Waals surface area contributed by atoms with E-state index in [-0.39, 0.29) is 5.91 Å². The lowest BCUT2D eigenvalue weighted by Gasteiger charge is -2.06. The van der Waals surface area contributed by atoms with Crippen LogP contribution in [-0.2, 0) is 11.2 Å². The standard InChI is InChI=1S/C19H18N2O3S2/c1-12-21-16(11-25-12)17-7-6-15(26-17)8-9-20-18(22)13-4-3-5-14(10-13)19(23)24-2/h3-7,10-11H,8-9H2,1-2H3,(H,20,22). The molecule has 1 amide bonds. The predicted octanol–water partition coefficient (Wildman–Crippen LogP) is 3.94. The normalized spacial score (nSPS) is 10.5. The van der Waals surface area contributed by atoms with E-state index >= 15 is 0 Å². The van der Waals surface area contributed by atoms with Gasteiger partial charge in [0.2, 0.25) is 0 Å². The lowest BCUT2D eigenvalue weighted by molar-refractivity contribution is 0.0600. The lowest BCUT2D eigenvalue weighted by atomic mass is 10.1. The van der Waals surface area contributed by atoms with Crippen LogP contribution in [0, 0.1) is 6.92 Å². The van der Waals surface area contributed by atoms with Crippen molar-refractivity contribution < 1.29 is 14.3 Å². The highest BCUT2D eigenvalue weighted by atomic mass is 32.1. The molecule has 0 saturated heterocycles. The van der Waals surface area contributed by atoms with Crippen molar-refractivity contribution in [2.75, 3.05) is 13.7 Å². The SMILES string of the molecule is COC(=O)c1cccc(C(=O)NCCc2ccc(-c3csc(C)n3)s2)c1. The summed E-state index contributed by atoms with van der Waals surface area (Å²) >= 11 is 3.33. The van der Waals surface area contributed by atoms with Gasteiger partial charge in [-0.2, -0.15) is 0 Å². The van der Waals surface area contributed by atoms with Crippen LogP contribution >= 0.6 is 22.7 Å². The number of hydrogen-bond donors (Lipinski definition) is 1. The third-order valence-corrected chi connectivity index (χ3v) is 5.68. The van der Waals surface area contributed by atoms with Gasteiger partial charge in [-0.1, -0.05) is 6.07 Å². The maximum absolute atomic E-state index is 12.3. The minimum absolute atomic E-state index is 0.206. The van der Waals surface area contributed by atoms with Crippen molar-refractivity contribution >= 4 is 34.6 Å². The number of carbonyl (C=O) groups excluding carboxylic acids is 2. The lowest BCUT2D eigenvalue weighted by Crippen LogP contribution is -2.25. The van der Waals surface area contributed by atoms with Crippen molar-refractivity contribution in [1.29, 1.82) is 0 Å². The van der Waals surface area contributed by atoms with Gasteiger partial charge in [-0.25, -0.2) is 9.78 Å². The number of nitrogens with zero attached hydrogens (tertiary/aromatic N) is 1. The van der Waals surface area contributed by atoms with Gasteiger partial charge in [0.05, 0.1) is 28.3 Å². The summed E-state index contributed by atoms with van der Waals surface area (Å²) in [5, 5.41) is 6.00. The topological polar surface area (TPSA) is 68.3 Å². The Hall–Kier alpha value is -2.51. The summed E-state index contributed by atoms with van der Waals surface area (Å²) in [6.07, 6.45) is 0.746. The number of benzene rings is 1. The van der Waals surface area contributed by atoms with E-state index in [9.17, 15) is 9.59 Å². The van der Waals surface area contributed by atoms with Gasteiger partial charge in [0.1, 0.15) is 0 Å². The number of thiazole rings is 1. The third kappa shape index (κ3) is 4.36. The first-order chi connectivity index (χ1) is 12.6. The molecular formula is C19H18N2O3S2. The monoisotopic (exact) mass is 386 g/mol. The minimum atomic E-state index is -0.456. The Bertz CT molecular complexity index is 930. The van der Waals surface area contributed by atoms with E-state index in [1.54, 1.807) is 40.9 Å². The smallest absolute Gasteiger partial charge is 0.337 e. The van der Waals surface area contributed by atoms with Crippen molar-refractivity contribution in [3.05, 3.63) is 62.8 Å². The summed E-state index contributed by atoms with van der Waals surface area (Å²) in [6.45, 7) is 2.52. The van der Waals surface area contributed by atoms with Gasteiger partial charge in [0, 0.05) is 22.4 Å². The largest absolute Gasteiger partial charge is 0.465 e. The van der Waals surface area contributed by atoms with Gasteiger partial charge in [0.15, 0.2) is 0 Å². The number of amides is 1. The van der Waals surface area contributed by atoms with Crippen LogP contribution in [0.5, 0.6) is 0 Å². The highest BCUT2D eigenvalue weighted by molar-refractivity contribution is 7.16. The van der Waals surface area contributed by atoms with Gasteiger partial charge in [-0.3, -0.25) is 4.79 Å². The Kier molecular flexibility index (Phi) is 5.80. The number of thiophene rings is 1. The molecule has 3 rings (SSSR count). The molecule has 1 aromatic carbocycles. The number of esters is 1. The Morgan fingerprint density at radius 1 is 1.19 bits per heavy atom. The Balaban J connectivity index is 1.56. The summed E-state index contributed by atoms with van der Waals surface area (Å²) in [7, 11) is 1.32. The van der Waals surface area contributed by atoms with Gasteiger partial charge in [-0.05, 0) is 43.7 Å². The fourth-order valence-electron chi connectivity index (χ4n) is 2.43. The molecular weight excluding hydrogens is 368 g/mol. The van der Waals surface area contributed by atoms with Gasteiger partial charge in [0.25, 0.3) is 5.91 Å². The maximum Gasteiger partial charge on any atom is 0.337 e. The van der Waals surface area contributed by atoms with Crippen molar-refractivity contribution in [1.82, 2.24) is 10.3 Å². The molecule has 2 heterocycles. The highest BCUT2D eigenvalue weighted by Gasteiger charge is 2.11. The molecule has 1 N–H and O–H groups in total. The number of rotatable bonds is 6. The number of aromatic nitrogens is 1. The van der Waals surface area contributed by atoms with Crippen LogP contribution < -0.4 is 5.32 Å². The molecule has 0 radical (unpaired) electrons. The van der Waals surface area contributed by atoms with Crippen LogP contribution in [0.15, 0.2) is 41.8 Å². The van der Waals surface area contributed by atoms with E-state index in [2.05, 4.69) is 32.6 Å². The summed E-state index contributed by atoms with van der Waals surface area (Å²) < 4.78 is 4.68. The first-order valence-electron chi connectivity index (χ1n) is 8.04. The van der Waals surface area contributed by atoms with Crippen LogP contribution in [0.1, 0.15) is 30.6 Å². The van der Waals surface area contributed by atoms with Crippen molar-refractivity contribution in [2.24, 2.45) is 0 Å². The molecule has 26 heavy (non-hydrogen) atoms. The molecule has 0 atom stereocenters. The van der Waals surface area contributed by atoms with E-state index in [0.29, 0.717) is 17.7 Å². The van der Waals surface area contributed by atoms with E-state index in [1.807, 2.05) is 6.92 Å². The van der Waals surface area contributed by atoms with E-state index in [1.165, 1.54) is 18.1 Å². The minimum Gasteiger partial charge on any atom is -0.465 e. The van der Waals surface area contributed by atoms with Crippen molar-refractivity contribution in [3.8, 4) is 10.6 Å². The zero-order valence-corrected chi connectivity index (χ0v) is 16.1. The number of methoxy groups -OCH3 is 1. The predicted molar refractivity (Wildman–Crippen MR) is 104 cm³/mol. The Labute approximate surface area is 159 Å². The molecule has 2 aromatic heterocycles. The number of nitrogens with one attached hydrogen (secondary N) is 1.